The number of nitro benzene ring substituents is 1. The Balaban J connectivity index is 1.84. The summed E-state index contributed by atoms with van der Waals surface area (Å²) in [5, 5.41) is 11.0. The summed E-state index contributed by atoms with van der Waals surface area (Å²) in [6.45, 7) is 0. The highest BCUT2D eigenvalue weighted by molar-refractivity contribution is 7.92. The highest BCUT2D eigenvalue weighted by Crippen LogP contribution is 2.29. The van der Waals surface area contributed by atoms with Gasteiger partial charge in [0.25, 0.3) is 5.69 Å². The van der Waals surface area contributed by atoms with E-state index in [4.69, 9.17) is 0 Å². The number of thiazole rings is 1. The topological polar surface area (TPSA) is 102 Å². The summed E-state index contributed by atoms with van der Waals surface area (Å²) in [5.74, 6) is -0.163. The van der Waals surface area contributed by atoms with Gasteiger partial charge in [0.2, 0.25) is 10.0 Å². The van der Waals surface area contributed by atoms with Crippen molar-refractivity contribution in [2.24, 2.45) is 0 Å². The zero-order chi connectivity index (χ0) is 16.4. The number of benzene rings is 2. The minimum absolute atomic E-state index is 0.0557. The van der Waals surface area contributed by atoms with E-state index in [1.807, 2.05) is 6.07 Å². The van der Waals surface area contributed by atoms with E-state index in [0.717, 1.165) is 11.3 Å². The van der Waals surface area contributed by atoms with Crippen LogP contribution in [0.3, 0.4) is 0 Å². The van der Waals surface area contributed by atoms with Crippen LogP contribution in [0.5, 0.6) is 0 Å². The Kier molecular flexibility index (Phi) is 3.97. The molecular weight excluding hydrogens is 338 g/mol. The average Bonchev–Trinajstić information content (AvgIpc) is 2.87. The van der Waals surface area contributed by atoms with Gasteiger partial charge in [-0.15, -0.1) is 0 Å². The molecule has 118 valence electrons. The van der Waals surface area contributed by atoms with E-state index in [9.17, 15) is 18.5 Å². The number of non-ortho nitro benzene ring substituents is 1. The number of aromatic nitrogens is 1. The average molecular weight is 349 g/mol. The Morgan fingerprint density at radius 2 is 1.91 bits per heavy atom. The monoisotopic (exact) mass is 349 g/mol. The van der Waals surface area contributed by atoms with Crippen molar-refractivity contribution >= 4 is 42.4 Å². The number of sulfonamides is 1. The third kappa shape index (κ3) is 3.63. The number of fused-ring (bicyclic) bond motifs is 1. The fourth-order valence-corrected chi connectivity index (χ4v) is 4.35. The quantitative estimate of drug-likeness (QED) is 0.563. The molecule has 0 bridgehead atoms. The highest BCUT2D eigenvalue weighted by atomic mass is 32.2. The minimum Gasteiger partial charge on any atom is -0.258 e. The molecule has 3 rings (SSSR count). The largest absolute Gasteiger partial charge is 0.270 e. The standard InChI is InChI=1S/C14H11N3O4S2/c18-17(19)11-6-7-12-13(8-11)22-14(15-12)16-23(20,21)9-10-4-2-1-3-5-10/h1-8H,9H2,(H,15,16). The number of nitrogens with zero attached hydrogens (tertiary/aromatic N) is 2. The van der Waals surface area contributed by atoms with Crippen LogP contribution in [-0.2, 0) is 15.8 Å². The second-order valence-electron chi connectivity index (χ2n) is 4.77. The van der Waals surface area contributed by atoms with Gasteiger partial charge in [-0.3, -0.25) is 14.8 Å². The number of hydrogen-bond acceptors (Lipinski definition) is 6. The van der Waals surface area contributed by atoms with Crippen LogP contribution in [0, 0.1) is 10.1 Å². The maximum Gasteiger partial charge on any atom is 0.270 e. The van der Waals surface area contributed by atoms with Crippen molar-refractivity contribution in [2.45, 2.75) is 5.75 Å². The van der Waals surface area contributed by atoms with Gasteiger partial charge in [-0.25, -0.2) is 13.4 Å². The lowest BCUT2D eigenvalue weighted by atomic mass is 10.2. The Hall–Kier alpha value is -2.52. The Labute approximate surface area is 135 Å². The van der Waals surface area contributed by atoms with Gasteiger partial charge in [-0.1, -0.05) is 41.7 Å². The van der Waals surface area contributed by atoms with Crippen LogP contribution in [-0.4, -0.2) is 18.3 Å². The van der Waals surface area contributed by atoms with E-state index in [1.165, 1.54) is 18.2 Å². The SMILES string of the molecule is O=[N+]([O-])c1ccc2nc(NS(=O)(=O)Cc3ccccc3)sc2c1. The summed E-state index contributed by atoms with van der Waals surface area (Å²) >= 11 is 1.06. The van der Waals surface area contributed by atoms with Crippen molar-refractivity contribution in [1.29, 1.82) is 0 Å². The van der Waals surface area contributed by atoms with E-state index >= 15 is 0 Å². The molecule has 23 heavy (non-hydrogen) atoms. The van der Waals surface area contributed by atoms with Gasteiger partial charge in [0.15, 0.2) is 5.13 Å². The maximum atomic E-state index is 12.2. The molecule has 1 aromatic heterocycles. The van der Waals surface area contributed by atoms with Crippen LogP contribution >= 0.6 is 11.3 Å². The van der Waals surface area contributed by atoms with E-state index in [1.54, 1.807) is 24.3 Å². The molecule has 9 heteroatoms. The number of anilines is 1. The van der Waals surface area contributed by atoms with E-state index in [-0.39, 0.29) is 16.6 Å². The molecular formula is C14H11N3O4S2. The van der Waals surface area contributed by atoms with Gasteiger partial charge in [0.05, 0.1) is 20.9 Å². The lowest BCUT2D eigenvalue weighted by Gasteiger charge is -2.04. The van der Waals surface area contributed by atoms with Crippen molar-refractivity contribution in [1.82, 2.24) is 4.98 Å². The van der Waals surface area contributed by atoms with Crippen molar-refractivity contribution in [3.8, 4) is 0 Å². The fourth-order valence-electron chi connectivity index (χ4n) is 2.03. The first kappa shape index (κ1) is 15.4. The second-order valence-corrected chi connectivity index (χ2v) is 7.53. The molecule has 0 fully saturated rings. The zero-order valence-electron chi connectivity index (χ0n) is 11.7. The second kappa shape index (κ2) is 5.94. The molecule has 0 spiro atoms. The number of nitrogens with one attached hydrogen (secondary N) is 1. The molecule has 0 radical (unpaired) electrons. The first-order valence-electron chi connectivity index (χ1n) is 6.52. The summed E-state index contributed by atoms with van der Waals surface area (Å²) in [7, 11) is -3.60. The van der Waals surface area contributed by atoms with Crippen LogP contribution < -0.4 is 4.72 Å². The first-order chi connectivity index (χ1) is 10.9. The van der Waals surface area contributed by atoms with Gasteiger partial charge < -0.3 is 0 Å². The van der Waals surface area contributed by atoms with Crippen LogP contribution in [0.25, 0.3) is 10.2 Å². The molecule has 0 aliphatic carbocycles. The summed E-state index contributed by atoms with van der Waals surface area (Å²) in [6.07, 6.45) is 0. The lowest BCUT2D eigenvalue weighted by Crippen LogP contribution is -2.14. The Bertz CT molecular complexity index is 968. The van der Waals surface area contributed by atoms with Gasteiger partial charge in [-0.05, 0) is 11.6 Å². The van der Waals surface area contributed by atoms with Crippen molar-refractivity contribution < 1.29 is 13.3 Å². The van der Waals surface area contributed by atoms with Gasteiger partial charge in [0.1, 0.15) is 0 Å². The molecule has 0 amide bonds. The highest BCUT2D eigenvalue weighted by Gasteiger charge is 2.16. The predicted octanol–water partition coefficient (Wildman–Crippen LogP) is 3.15. The van der Waals surface area contributed by atoms with Crippen molar-refractivity contribution in [3.63, 3.8) is 0 Å². The van der Waals surface area contributed by atoms with E-state index in [0.29, 0.717) is 15.8 Å². The summed E-state index contributed by atoms with van der Waals surface area (Å²) in [5.41, 5.74) is 1.12. The summed E-state index contributed by atoms with van der Waals surface area (Å²) < 4.78 is 27.3. The van der Waals surface area contributed by atoms with Crippen LogP contribution in [0.15, 0.2) is 48.5 Å². The number of nitro groups is 1. The van der Waals surface area contributed by atoms with Crippen molar-refractivity contribution in [2.75, 3.05) is 4.72 Å². The summed E-state index contributed by atoms with van der Waals surface area (Å²) in [6, 6.07) is 13.0. The van der Waals surface area contributed by atoms with Crippen LogP contribution in [0.4, 0.5) is 10.8 Å². The zero-order valence-corrected chi connectivity index (χ0v) is 13.3. The van der Waals surface area contributed by atoms with E-state index < -0.39 is 14.9 Å². The molecule has 2 aromatic carbocycles. The van der Waals surface area contributed by atoms with Crippen molar-refractivity contribution in [3.05, 3.63) is 64.2 Å². The molecule has 0 aliphatic heterocycles. The predicted molar refractivity (Wildman–Crippen MR) is 89.0 cm³/mol. The summed E-state index contributed by atoms with van der Waals surface area (Å²) in [4.78, 5) is 14.4. The van der Waals surface area contributed by atoms with Gasteiger partial charge >= 0.3 is 0 Å². The molecule has 1 heterocycles. The molecule has 0 saturated heterocycles. The maximum absolute atomic E-state index is 12.2. The first-order valence-corrected chi connectivity index (χ1v) is 8.99. The molecule has 0 aliphatic rings. The minimum atomic E-state index is -3.60. The third-order valence-electron chi connectivity index (χ3n) is 3.03. The Morgan fingerprint density at radius 3 is 2.61 bits per heavy atom. The van der Waals surface area contributed by atoms with E-state index in [2.05, 4.69) is 9.71 Å². The normalized spacial score (nSPS) is 11.5. The van der Waals surface area contributed by atoms with Crippen LogP contribution in [0.2, 0.25) is 0 Å². The van der Waals surface area contributed by atoms with Crippen LogP contribution in [0.1, 0.15) is 5.56 Å². The molecule has 0 unspecified atom stereocenters. The van der Waals surface area contributed by atoms with Gasteiger partial charge in [-0.2, -0.15) is 0 Å². The molecule has 1 N–H and O–H groups in total. The molecule has 0 saturated carbocycles. The molecule has 7 nitrogen and oxygen atoms in total. The molecule has 0 atom stereocenters. The smallest absolute Gasteiger partial charge is 0.258 e. The Morgan fingerprint density at radius 1 is 1.17 bits per heavy atom. The fraction of sp³-hybridized carbons (Fsp3) is 0.0714. The lowest BCUT2D eigenvalue weighted by molar-refractivity contribution is -0.384. The van der Waals surface area contributed by atoms with Gasteiger partial charge in [0, 0.05) is 12.1 Å². The number of rotatable bonds is 5. The molecule has 3 aromatic rings. The third-order valence-corrected chi connectivity index (χ3v) is 5.31. The number of hydrogen-bond donors (Lipinski definition) is 1.